The zero-order chi connectivity index (χ0) is 18.4. The summed E-state index contributed by atoms with van der Waals surface area (Å²) in [5, 5.41) is 10.6. The summed E-state index contributed by atoms with van der Waals surface area (Å²) in [5.74, 6) is 0.639. The topological polar surface area (TPSA) is 40.8 Å². The van der Waals surface area contributed by atoms with E-state index in [1.807, 2.05) is 36.4 Å². The first kappa shape index (κ1) is 18.5. The summed E-state index contributed by atoms with van der Waals surface area (Å²) in [7, 11) is 0. The maximum Gasteiger partial charge on any atom is 0.194 e. The molecule has 0 saturated heterocycles. The van der Waals surface area contributed by atoms with E-state index in [1.54, 1.807) is 41.8 Å². The molecule has 3 rings (SSSR count). The van der Waals surface area contributed by atoms with Gasteiger partial charge in [-0.3, -0.25) is 0 Å². The van der Waals surface area contributed by atoms with Crippen LogP contribution in [-0.2, 0) is 6.54 Å². The number of nitrogens with zero attached hydrogens (tertiary/aromatic N) is 2. The van der Waals surface area contributed by atoms with Gasteiger partial charge in [-0.25, -0.2) is 5.01 Å². The van der Waals surface area contributed by atoms with Gasteiger partial charge < -0.3 is 9.73 Å². The maximum absolute atomic E-state index is 6.06. The second-order valence-electron chi connectivity index (χ2n) is 5.36. The van der Waals surface area contributed by atoms with Crippen LogP contribution in [0.2, 0.25) is 10.0 Å². The summed E-state index contributed by atoms with van der Waals surface area (Å²) >= 11 is 17.5. The van der Waals surface area contributed by atoms with Crippen molar-refractivity contribution in [3.63, 3.8) is 0 Å². The molecule has 0 spiro atoms. The summed E-state index contributed by atoms with van der Waals surface area (Å²) in [5.41, 5.74) is 1.80. The molecule has 0 aliphatic heterocycles. The molecule has 1 heterocycles. The fourth-order valence-electron chi connectivity index (χ4n) is 2.17. The average Bonchev–Trinajstić information content (AvgIpc) is 3.16. The third kappa shape index (κ3) is 5.08. The Hall–Kier alpha value is -2.34. The number of benzene rings is 2. The van der Waals surface area contributed by atoms with Gasteiger partial charge in [0.15, 0.2) is 5.11 Å². The summed E-state index contributed by atoms with van der Waals surface area (Å²) in [4.78, 5) is 0. The number of hydrogen-bond donors (Lipinski definition) is 1. The Bertz CT molecular complexity index is 898. The van der Waals surface area contributed by atoms with Crippen molar-refractivity contribution < 1.29 is 4.42 Å². The molecule has 3 aromatic rings. The van der Waals surface area contributed by atoms with E-state index in [0.29, 0.717) is 27.5 Å². The molecule has 0 bridgehead atoms. The van der Waals surface area contributed by atoms with Gasteiger partial charge >= 0.3 is 0 Å². The summed E-state index contributed by atoms with van der Waals surface area (Å²) in [6, 6.07) is 18.8. The van der Waals surface area contributed by atoms with Gasteiger partial charge in [0.25, 0.3) is 0 Å². The van der Waals surface area contributed by atoms with Crippen LogP contribution in [0.3, 0.4) is 0 Å². The average molecular weight is 404 g/mol. The Kier molecular flexibility index (Phi) is 6.28. The standard InChI is InChI=1S/C19H15Cl2N3OS/c20-17-9-8-15(11-18(17)21)23-19(26)24(13-14-5-2-1-3-6-14)22-12-16-7-4-10-25-16/h1-12H,13H2,(H,23,26)/b22-12-. The van der Waals surface area contributed by atoms with E-state index in [9.17, 15) is 0 Å². The number of hydrogen-bond acceptors (Lipinski definition) is 3. The molecule has 0 amide bonds. The van der Waals surface area contributed by atoms with E-state index >= 15 is 0 Å². The van der Waals surface area contributed by atoms with Gasteiger partial charge in [0.1, 0.15) is 5.76 Å². The Balaban J connectivity index is 1.78. The first-order valence-electron chi connectivity index (χ1n) is 7.77. The Morgan fingerprint density at radius 1 is 1.08 bits per heavy atom. The number of furan rings is 1. The van der Waals surface area contributed by atoms with Gasteiger partial charge in [0.2, 0.25) is 0 Å². The molecule has 26 heavy (non-hydrogen) atoms. The van der Waals surface area contributed by atoms with Crippen molar-refractivity contribution in [3.8, 4) is 0 Å². The van der Waals surface area contributed by atoms with Gasteiger partial charge in [0.05, 0.1) is 29.1 Å². The molecule has 1 aromatic heterocycles. The van der Waals surface area contributed by atoms with Crippen molar-refractivity contribution in [1.29, 1.82) is 0 Å². The second kappa shape index (κ2) is 8.85. The number of anilines is 1. The molecule has 1 N–H and O–H groups in total. The van der Waals surface area contributed by atoms with Gasteiger partial charge in [-0.2, -0.15) is 5.10 Å². The second-order valence-corrected chi connectivity index (χ2v) is 6.56. The summed E-state index contributed by atoms with van der Waals surface area (Å²) < 4.78 is 5.29. The first-order valence-corrected chi connectivity index (χ1v) is 8.93. The highest BCUT2D eigenvalue weighted by Crippen LogP contribution is 2.25. The zero-order valence-corrected chi connectivity index (χ0v) is 15.9. The molecule has 2 aromatic carbocycles. The Morgan fingerprint density at radius 3 is 2.58 bits per heavy atom. The highest BCUT2D eigenvalue weighted by molar-refractivity contribution is 7.80. The third-order valence-electron chi connectivity index (χ3n) is 3.45. The fraction of sp³-hybridized carbons (Fsp3) is 0.0526. The van der Waals surface area contributed by atoms with E-state index in [-0.39, 0.29) is 0 Å². The molecule has 7 heteroatoms. The third-order valence-corrected chi connectivity index (χ3v) is 4.50. The van der Waals surface area contributed by atoms with E-state index in [4.69, 9.17) is 39.8 Å². The number of halogens is 2. The van der Waals surface area contributed by atoms with Crippen LogP contribution < -0.4 is 5.32 Å². The Morgan fingerprint density at radius 2 is 1.88 bits per heavy atom. The number of hydrazone groups is 1. The van der Waals surface area contributed by atoms with Crippen molar-refractivity contribution >= 4 is 52.4 Å². The molecule has 0 unspecified atom stereocenters. The van der Waals surface area contributed by atoms with Crippen molar-refractivity contribution in [1.82, 2.24) is 5.01 Å². The molecular weight excluding hydrogens is 389 g/mol. The molecule has 132 valence electrons. The van der Waals surface area contributed by atoms with Crippen LogP contribution in [0.4, 0.5) is 5.69 Å². The Labute approximate surface area is 167 Å². The van der Waals surface area contributed by atoms with Crippen LogP contribution in [0, 0.1) is 0 Å². The number of thiocarbonyl (C=S) groups is 1. The molecule has 0 atom stereocenters. The van der Waals surface area contributed by atoms with Crippen LogP contribution in [0.1, 0.15) is 11.3 Å². The molecule has 0 aliphatic carbocycles. The first-order chi connectivity index (χ1) is 12.6. The predicted molar refractivity (Wildman–Crippen MR) is 111 cm³/mol. The minimum absolute atomic E-state index is 0.426. The highest BCUT2D eigenvalue weighted by atomic mass is 35.5. The monoisotopic (exact) mass is 403 g/mol. The lowest BCUT2D eigenvalue weighted by molar-refractivity contribution is 0.446. The highest BCUT2D eigenvalue weighted by Gasteiger charge is 2.10. The molecule has 4 nitrogen and oxygen atoms in total. The quantitative estimate of drug-likeness (QED) is 0.331. The van der Waals surface area contributed by atoms with Crippen molar-refractivity contribution in [2.24, 2.45) is 5.10 Å². The van der Waals surface area contributed by atoms with E-state index in [1.165, 1.54) is 0 Å². The van der Waals surface area contributed by atoms with Crippen molar-refractivity contribution in [2.45, 2.75) is 6.54 Å². The van der Waals surface area contributed by atoms with Crippen LogP contribution in [0.15, 0.2) is 76.4 Å². The lowest BCUT2D eigenvalue weighted by atomic mass is 10.2. The molecule has 0 radical (unpaired) electrons. The van der Waals surface area contributed by atoms with Crippen LogP contribution in [0.25, 0.3) is 0 Å². The van der Waals surface area contributed by atoms with Gasteiger partial charge in [-0.05, 0) is 48.1 Å². The van der Waals surface area contributed by atoms with E-state index < -0.39 is 0 Å². The minimum Gasteiger partial charge on any atom is -0.463 e. The lowest BCUT2D eigenvalue weighted by Gasteiger charge is -2.21. The van der Waals surface area contributed by atoms with Gasteiger partial charge in [-0.1, -0.05) is 53.5 Å². The number of nitrogens with one attached hydrogen (secondary N) is 1. The smallest absolute Gasteiger partial charge is 0.194 e. The number of rotatable bonds is 5. The molecule has 0 saturated carbocycles. The predicted octanol–water partition coefficient (Wildman–Crippen LogP) is 5.82. The van der Waals surface area contributed by atoms with Crippen molar-refractivity contribution in [3.05, 3.63) is 88.3 Å². The minimum atomic E-state index is 0.426. The van der Waals surface area contributed by atoms with Gasteiger partial charge in [0, 0.05) is 5.69 Å². The molecular formula is C19H15Cl2N3OS. The molecule has 0 aliphatic rings. The van der Waals surface area contributed by atoms with Crippen LogP contribution in [-0.4, -0.2) is 16.3 Å². The van der Waals surface area contributed by atoms with Crippen LogP contribution >= 0.6 is 35.4 Å². The lowest BCUT2D eigenvalue weighted by Crippen LogP contribution is -2.30. The molecule has 0 fully saturated rings. The van der Waals surface area contributed by atoms with E-state index in [0.717, 1.165) is 11.3 Å². The SMILES string of the molecule is S=C(Nc1ccc(Cl)c(Cl)c1)N(Cc1ccccc1)/N=C\c1ccco1. The van der Waals surface area contributed by atoms with Gasteiger partial charge in [-0.15, -0.1) is 0 Å². The summed E-state index contributed by atoms with van der Waals surface area (Å²) in [6.07, 6.45) is 3.21. The van der Waals surface area contributed by atoms with Crippen molar-refractivity contribution in [2.75, 3.05) is 5.32 Å². The fourth-order valence-corrected chi connectivity index (χ4v) is 2.70. The van der Waals surface area contributed by atoms with Crippen LogP contribution in [0.5, 0.6) is 0 Å². The summed E-state index contributed by atoms with van der Waals surface area (Å²) in [6.45, 7) is 0.505. The normalized spacial score (nSPS) is 10.8. The van der Waals surface area contributed by atoms with E-state index in [2.05, 4.69) is 10.4 Å². The zero-order valence-electron chi connectivity index (χ0n) is 13.6. The maximum atomic E-state index is 6.06. The largest absolute Gasteiger partial charge is 0.463 e.